The summed E-state index contributed by atoms with van der Waals surface area (Å²) in [7, 11) is 3.80. The van der Waals surface area contributed by atoms with Gasteiger partial charge in [0.2, 0.25) is 29.5 Å². The lowest BCUT2D eigenvalue weighted by molar-refractivity contribution is -0.137. The van der Waals surface area contributed by atoms with Crippen LogP contribution in [0.4, 0.5) is 19.0 Å². The fourth-order valence-corrected chi connectivity index (χ4v) is 11.2. The number of halogens is 3. The molecular weight excluding hydrogens is 922 g/mol. The Kier molecular flexibility index (Phi) is 16.8. The third-order valence-electron chi connectivity index (χ3n) is 15.5. The van der Waals surface area contributed by atoms with Gasteiger partial charge < -0.3 is 45.4 Å². The number of aromatic nitrogens is 3. The van der Waals surface area contributed by atoms with Crippen molar-refractivity contribution in [1.82, 2.24) is 45.6 Å². The molecule has 0 spiro atoms. The SMILES string of the molecule is CC(C)N(C)[C@@H]1CC[C@H](N2CC[C@@H](Nc3ncnc4ccc(C(F)(F)F)cc34)C2=O)[C@H](NC(=O)C2CC(NC(=O)CCCOC3CCC(OCCNC(=O)[C@H]4CC(=O)N(C)[C@@H]4c4cccnc4)CC3)C2)C1. The third kappa shape index (κ3) is 12.6. The normalized spacial score (nSPS) is 28.1. The topological polar surface area (TPSA) is 200 Å². The van der Waals surface area contributed by atoms with E-state index in [-0.39, 0.29) is 102 Å². The van der Waals surface area contributed by atoms with E-state index in [1.165, 1.54) is 12.4 Å². The Balaban J connectivity index is 0.723. The van der Waals surface area contributed by atoms with Gasteiger partial charge in [-0.25, -0.2) is 9.97 Å². The number of alkyl halides is 3. The highest BCUT2D eigenvalue weighted by Crippen LogP contribution is 2.38. The van der Waals surface area contributed by atoms with Crippen LogP contribution in [0.3, 0.4) is 0 Å². The first-order valence-electron chi connectivity index (χ1n) is 25.4. The van der Waals surface area contributed by atoms with Gasteiger partial charge in [0.15, 0.2) is 0 Å². The maximum Gasteiger partial charge on any atom is 0.416 e. The van der Waals surface area contributed by atoms with E-state index in [9.17, 15) is 37.1 Å². The highest BCUT2D eigenvalue weighted by molar-refractivity contribution is 5.93. The zero-order valence-electron chi connectivity index (χ0n) is 41.2. The smallest absolute Gasteiger partial charge is 0.378 e. The molecule has 3 aromatic rings. The molecule has 0 bridgehead atoms. The summed E-state index contributed by atoms with van der Waals surface area (Å²) >= 11 is 0. The van der Waals surface area contributed by atoms with Crippen LogP contribution in [0.25, 0.3) is 10.9 Å². The van der Waals surface area contributed by atoms with Crippen molar-refractivity contribution in [2.75, 3.05) is 45.7 Å². The second-order valence-electron chi connectivity index (χ2n) is 20.4. The highest BCUT2D eigenvalue weighted by atomic mass is 19.4. The van der Waals surface area contributed by atoms with E-state index >= 15 is 0 Å². The van der Waals surface area contributed by atoms with Gasteiger partial charge in [0.1, 0.15) is 18.2 Å². The molecule has 4 heterocycles. The van der Waals surface area contributed by atoms with Crippen molar-refractivity contribution < 1.29 is 46.6 Å². The summed E-state index contributed by atoms with van der Waals surface area (Å²) in [6, 6.07) is 5.74. The van der Waals surface area contributed by atoms with Crippen molar-refractivity contribution in [3.63, 3.8) is 0 Å². The number of likely N-dealkylation sites (tertiary alicyclic amines) is 2. The van der Waals surface area contributed by atoms with Gasteiger partial charge in [-0.3, -0.25) is 29.0 Å². The molecule has 2 saturated heterocycles. The van der Waals surface area contributed by atoms with Crippen LogP contribution in [-0.4, -0.2) is 148 Å². The fraction of sp³-hybridized carbons (Fsp3) is 0.647. The van der Waals surface area contributed by atoms with Gasteiger partial charge in [0.25, 0.3) is 0 Å². The van der Waals surface area contributed by atoms with Crippen LogP contribution in [0, 0.1) is 11.8 Å². The van der Waals surface area contributed by atoms with Crippen LogP contribution in [-0.2, 0) is 39.6 Å². The molecule has 20 heteroatoms. The van der Waals surface area contributed by atoms with Crippen molar-refractivity contribution in [2.24, 2.45) is 11.8 Å². The number of fused-ring (bicyclic) bond motifs is 1. The average Bonchev–Trinajstić information content (AvgIpc) is 3.86. The minimum atomic E-state index is -4.55. The van der Waals surface area contributed by atoms with Crippen molar-refractivity contribution in [1.29, 1.82) is 0 Å². The minimum absolute atomic E-state index is 0.0679. The summed E-state index contributed by atoms with van der Waals surface area (Å²) in [5.74, 6) is -1.16. The highest BCUT2D eigenvalue weighted by Gasteiger charge is 2.46. The summed E-state index contributed by atoms with van der Waals surface area (Å²) in [4.78, 5) is 84.5. The lowest BCUT2D eigenvalue weighted by atomic mass is 9.78. The summed E-state index contributed by atoms with van der Waals surface area (Å²) in [5.41, 5.74) is 0.342. The van der Waals surface area contributed by atoms with Crippen molar-refractivity contribution in [3.05, 3.63) is 60.2 Å². The number of carbonyl (C=O) groups excluding carboxylic acids is 5. The largest absolute Gasteiger partial charge is 0.416 e. The molecule has 5 amide bonds. The van der Waals surface area contributed by atoms with E-state index in [0.29, 0.717) is 76.8 Å². The number of benzene rings is 1. The molecule has 2 aromatic heterocycles. The molecule has 1 aromatic carbocycles. The van der Waals surface area contributed by atoms with Crippen LogP contribution < -0.4 is 21.3 Å². The molecule has 5 aliphatic rings. The van der Waals surface area contributed by atoms with Gasteiger partial charge in [-0.05, 0) is 121 Å². The number of nitrogens with zero attached hydrogens (tertiary/aromatic N) is 6. The zero-order valence-corrected chi connectivity index (χ0v) is 41.2. The number of anilines is 1. The number of rotatable bonds is 19. The Morgan fingerprint density at radius 1 is 0.915 bits per heavy atom. The second kappa shape index (κ2) is 22.9. The molecule has 2 aliphatic heterocycles. The van der Waals surface area contributed by atoms with Crippen LogP contribution in [0.15, 0.2) is 49.1 Å². The number of amides is 5. The van der Waals surface area contributed by atoms with Gasteiger partial charge in [0, 0.05) is 81.4 Å². The fourth-order valence-electron chi connectivity index (χ4n) is 11.2. The maximum absolute atomic E-state index is 14.0. The lowest BCUT2D eigenvalue weighted by Gasteiger charge is -2.45. The first-order chi connectivity index (χ1) is 34.0. The summed E-state index contributed by atoms with van der Waals surface area (Å²) in [6.45, 7) is 5.89. The Morgan fingerprint density at radius 2 is 1.66 bits per heavy atom. The first-order valence-corrected chi connectivity index (χ1v) is 25.4. The third-order valence-corrected chi connectivity index (χ3v) is 15.5. The Labute approximate surface area is 413 Å². The van der Waals surface area contributed by atoms with Crippen LogP contribution in [0.2, 0.25) is 0 Å². The molecule has 386 valence electrons. The number of nitrogens with one attached hydrogen (secondary N) is 4. The van der Waals surface area contributed by atoms with Gasteiger partial charge in [-0.2, -0.15) is 13.2 Å². The van der Waals surface area contributed by atoms with E-state index in [1.807, 2.05) is 11.0 Å². The molecule has 17 nitrogen and oxygen atoms in total. The molecule has 0 radical (unpaired) electrons. The van der Waals surface area contributed by atoms with E-state index < -0.39 is 23.7 Å². The molecule has 4 N–H and O–H groups in total. The minimum Gasteiger partial charge on any atom is -0.378 e. The maximum atomic E-state index is 14.0. The Morgan fingerprint density at radius 3 is 2.37 bits per heavy atom. The van der Waals surface area contributed by atoms with Gasteiger partial charge in [0.05, 0.1) is 53.9 Å². The molecule has 6 atom stereocenters. The predicted molar refractivity (Wildman–Crippen MR) is 257 cm³/mol. The number of hydrogen-bond donors (Lipinski definition) is 4. The monoisotopic (exact) mass is 991 g/mol. The quantitative estimate of drug-likeness (QED) is 0.115. The molecule has 71 heavy (non-hydrogen) atoms. The van der Waals surface area contributed by atoms with Crippen LogP contribution in [0.1, 0.15) is 114 Å². The summed E-state index contributed by atoms with van der Waals surface area (Å²) < 4.78 is 53.0. The number of hydrogen-bond acceptors (Lipinski definition) is 12. The van der Waals surface area contributed by atoms with Gasteiger partial charge in [-0.15, -0.1) is 0 Å². The Bertz CT molecular complexity index is 2350. The number of pyridine rings is 1. The molecule has 0 unspecified atom stereocenters. The standard InChI is InChI=1S/C51H69F3N10O7/c1-30(2)62(3)35-10-16-43(64-20-17-41(50(64)69)60-47-38-25-33(51(52,53)54)9-15-40(38)57-29-58-47)42(26-35)61-48(67)32-23-34(24-32)59-44(65)8-6-21-70-36-11-13-37(14-12-36)71-22-19-56-49(68)39-27-45(66)63(4)46(39)31-7-5-18-55-28-31/h5,7,9,15,18,25,28-30,32,34-37,39,41-43,46H,6,8,10-14,16-17,19-24,26-27H2,1-4H3,(H,56,68)(H,59,65)(H,61,67)(H,57,58,60)/t32?,34?,35-,36?,37?,39+,41-,42-,43+,46-/m1/s1. The van der Waals surface area contributed by atoms with Crippen molar-refractivity contribution >= 4 is 46.3 Å². The van der Waals surface area contributed by atoms with Crippen molar-refractivity contribution in [3.8, 4) is 0 Å². The summed E-state index contributed by atoms with van der Waals surface area (Å²) in [5, 5.41) is 12.7. The van der Waals surface area contributed by atoms with Crippen LogP contribution in [0.5, 0.6) is 0 Å². The van der Waals surface area contributed by atoms with E-state index in [1.54, 1.807) is 30.4 Å². The van der Waals surface area contributed by atoms with E-state index in [2.05, 4.69) is 62.0 Å². The van der Waals surface area contributed by atoms with Crippen LogP contribution >= 0.6 is 0 Å². The number of ether oxygens (including phenoxy) is 2. The molecule has 3 aliphatic carbocycles. The lowest BCUT2D eigenvalue weighted by Crippen LogP contribution is -2.60. The van der Waals surface area contributed by atoms with Gasteiger partial charge in [-0.1, -0.05) is 6.07 Å². The second-order valence-corrected chi connectivity index (χ2v) is 20.4. The van der Waals surface area contributed by atoms with Crippen molar-refractivity contribution in [2.45, 2.75) is 158 Å². The summed E-state index contributed by atoms with van der Waals surface area (Å²) in [6.07, 6.45) is 8.36. The van der Waals surface area contributed by atoms with E-state index in [4.69, 9.17) is 9.47 Å². The molecule has 3 saturated carbocycles. The zero-order chi connectivity index (χ0) is 50.4. The van der Waals surface area contributed by atoms with Gasteiger partial charge >= 0.3 is 6.18 Å². The molecule has 8 rings (SSSR count). The molecule has 5 fully saturated rings. The number of carbonyl (C=O) groups is 5. The Hall–Kier alpha value is -5.47. The first kappa shape index (κ1) is 51.9. The van der Waals surface area contributed by atoms with E-state index in [0.717, 1.165) is 49.8 Å². The molecular formula is C51H69F3N10O7. The predicted octanol–water partition coefficient (Wildman–Crippen LogP) is 5.16. The average molecular weight is 991 g/mol.